The van der Waals surface area contributed by atoms with Gasteiger partial charge >= 0.3 is 5.97 Å². The van der Waals surface area contributed by atoms with Crippen molar-refractivity contribution in [2.75, 3.05) is 6.61 Å². The highest BCUT2D eigenvalue weighted by Gasteiger charge is 2.05. The van der Waals surface area contributed by atoms with Crippen molar-refractivity contribution in [1.82, 2.24) is 0 Å². The van der Waals surface area contributed by atoms with Crippen molar-refractivity contribution in [2.45, 2.75) is 33.3 Å². The molecule has 0 spiro atoms. The minimum absolute atomic E-state index is 0.0632. The van der Waals surface area contributed by atoms with Crippen LogP contribution in [0.1, 0.15) is 27.2 Å². The first-order chi connectivity index (χ1) is 5.57. The Morgan fingerprint density at radius 2 is 2.25 bits per heavy atom. The van der Waals surface area contributed by atoms with Crippen LogP contribution in [0.4, 0.5) is 0 Å². The van der Waals surface area contributed by atoms with Gasteiger partial charge in [-0.3, -0.25) is 0 Å². The summed E-state index contributed by atoms with van der Waals surface area (Å²) in [4.78, 5) is 11.0. The van der Waals surface area contributed by atoms with Crippen LogP contribution in [0.5, 0.6) is 0 Å². The Bertz CT molecular complexity index is 171. The summed E-state index contributed by atoms with van der Waals surface area (Å²) >= 11 is 0. The second kappa shape index (κ2) is 5.77. The lowest BCUT2D eigenvalue weighted by molar-refractivity contribution is -0.141. The van der Waals surface area contributed by atoms with Crippen LogP contribution >= 0.6 is 0 Å². The molecule has 0 amide bonds. The van der Waals surface area contributed by atoms with Gasteiger partial charge in [0.1, 0.15) is 6.61 Å². The number of aliphatic hydroxyl groups excluding tert-OH is 1. The normalized spacial score (nSPS) is 14.2. The smallest absolute Gasteiger partial charge is 0.333 e. The van der Waals surface area contributed by atoms with Crippen molar-refractivity contribution in [1.29, 1.82) is 0 Å². The van der Waals surface area contributed by atoms with Gasteiger partial charge in [0.15, 0.2) is 0 Å². The lowest BCUT2D eigenvalue weighted by Gasteiger charge is -2.06. The average Bonchev–Trinajstić information content (AvgIpc) is 2.00. The van der Waals surface area contributed by atoms with Crippen molar-refractivity contribution < 1.29 is 14.6 Å². The standard InChI is InChI=1S/C9H16O3/c1-4-5-7(2)9(11)12-6-8(3)10/h5,8,10H,4,6H2,1-3H3. The largest absolute Gasteiger partial charge is 0.460 e. The van der Waals surface area contributed by atoms with Gasteiger partial charge in [-0.1, -0.05) is 13.0 Å². The fraction of sp³-hybridized carbons (Fsp3) is 0.667. The molecule has 0 aromatic carbocycles. The average molecular weight is 172 g/mol. The van der Waals surface area contributed by atoms with E-state index >= 15 is 0 Å². The summed E-state index contributed by atoms with van der Waals surface area (Å²) < 4.78 is 4.76. The predicted molar refractivity (Wildman–Crippen MR) is 46.7 cm³/mol. The summed E-state index contributed by atoms with van der Waals surface area (Å²) in [5, 5.41) is 8.82. The van der Waals surface area contributed by atoms with Crippen LogP contribution in [0, 0.1) is 0 Å². The lowest BCUT2D eigenvalue weighted by atomic mass is 10.2. The highest BCUT2D eigenvalue weighted by molar-refractivity contribution is 5.87. The van der Waals surface area contributed by atoms with Crippen molar-refractivity contribution in [2.24, 2.45) is 0 Å². The fourth-order valence-corrected chi connectivity index (χ4v) is 0.700. The van der Waals surface area contributed by atoms with E-state index in [9.17, 15) is 4.79 Å². The molecule has 0 radical (unpaired) electrons. The number of hydrogen-bond donors (Lipinski definition) is 1. The first-order valence-electron chi connectivity index (χ1n) is 4.09. The molecule has 3 nitrogen and oxygen atoms in total. The predicted octanol–water partition coefficient (Wildman–Crippen LogP) is 1.27. The topological polar surface area (TPSA) is 46.5 Å². The second-order valence-electron chi connectivity index (χ2n) is 2.74. The molecular formula is C9H16O3. The first-order valence-corrected chi connectivity index (χ1v) is 4.09. The van der Waals surface area contributed by atoms with Gasteiger partial charge in [-0.05, 0) is 20.3 Å². The van der Waals surface area contributed by atoms with Gasteiger partial charge in [0.2, 0.25) is 0 Å². The van der Waals surface area contributed by atoms with Gasteiger partial charge in [-0.25, -0.2) is 4.79 Å². The highest BCUT2D eigenvalue weighted by Crippen LogP contribution is 1.98. The third-order valence-corrected chi connectivity index (χ3v) is 1.29. The number of allylic oxidation sites excluding steroid dienone is 1. The number of carbonyl (C=O) groups is 1. The van der Waals surface area contributed by atoms with Gasteiger partial charge in [0.05, 0.1) is 6.10 Å². The van der Waals surface area contributed by atoms with Crippen molar-refractivity contribution in [3.8, 4) is 0 Å². The Hall–Kier alpha value is -0.830. The molecule has 0 aliphatic carbocycles. The number of hydrogen-bond acceptors (Lipinski definition) is 3. The van der Waals surface area contributed by atoms with E-state index in [4.69, 9.17) is 9.84 Å². The summed E-state index contributed by atoms with van der Waals surface area (Å²) in [5.74, 6) is -0.349. The molecule has 0 bridgehead atoms. The van der Waals surface area contributed by atoms with Gasteiger partial charge < -0.3 is 9.84 Å². The zero-order valence-corrected chi connectivity index (χ0v) is 7.83. The fourth-order valence-electron chi connectivity index (χ4n) is 0.700. The molecule has 1 atom stereocenters. The Kier molecular flexibility index (Phi) is 5.37. The molecule has 0 saturated heterocycles. The molecule has 70 valence electrons. The van der Waals surface area contributed by atoms with E-state index < -0.39 is 6.10 Å². The van der Waals surface area contributed by atoms with Gasteiger partial charge in [0, 0.05) is 5.57 Å². The van der Waals surface area contributed by atoms with E-state index in [0.717, 1.165) is 6.42 Å². The summed E-state index contributed by atoms with van der Waals surface area (Å²) in [5.41, 5.74) is 0.596. The minimum atomic E-state index is -0.594. The number of rotatable bonds is 4. The van der Waals surface area contributed by atoms with Crippen molar-refractivity contribution in [3.63, 3.8) is 0 Å². The van der Waals surface area contributed by atoms with E-state index in [0.29, 0.717) is 5.57 Å². The monoisotopic (exact) mass is 172 g/mol. The van der Waals surface area contributed by atoms with Gasteiger partial charge in [0.25, 0.3) is 0 Å². The first kappa shape index (κ1) is 11.2. The Morgan fingerprint density at radius 3 is 2.67 bits per heavy atom. The van der Waals surface area contributed by atoms with Crippen LogP contribution in [0.25, 0.3) is 0 Å². The van der Waals surface area contributed by atoms with Crippen LogP contribution in [0.15, 0.2) is 11.6 Å². The summed E-state index contributed by atoms with van der Waals surface area (Å²) in [6, 6.07) is 0. The van der Waals surface area contributed by atoms with Crippen LogP contribution < -0.4 is 0 Å². The molecule has 0 aliphatic rings. The van der Waals surface area contributed by atoms with E-state index in [-0.39, 0.29) is 12.6 Å². The lowest BCUT2D eigenvalue weighted by Crippen LogP contribution is -2.15. The van der Waals surface area contributed by atoms with Gasteiger partial charge in [-0.15, -0.1) is 0 Å². The quantitative estimate of drug-likeness (QED) is 0.513. The SMILES string of the molecule is CCC=C(C)C(=O)OCC(C)O. The zero-order chi connectivity index (χ0) is 9.56. The minimum Gasteiger partial charge on any atom is -0.460 e. The summed E-state index contributed by atoms with van der Waals surface area (Å²) in [7, 11) is 0. The molecule has 0 fully saturated rings. The van der Waals surface area contributed by atoms with E-state index in [1.165, 1.54) is 0 Å². The van der Waals surface area contributed by atoms with E-state index in [2.05, 4.69) is 0 Å². The molecular weight excluding hydrogens is 156 g/mol. The Balaban J connectivity index is 3.80. The van der Waals surface area contributed by atoms with E-state index in [1.54, 1.807) is 19.9 Å². The van der Waals surface area contributed by atoms with Crippen LogP contribution in [-0.2, 0) is 9.53 Å². The number of ether oxygens (including phenoxy) is 1. The maximum absolute atomic E-state index is 11.0. The van der Waals surface area contributed by atoms with Crippen LogP contribution in [0.3, 0.4) is 0 Å². The summed E-state index contributed by atoms with van der Waals surface area (Å²) in [6.07, 6.45) is 2.02. The zero-order valence-electron chi connectivity index (χ0n) is 7.83. The maximum Gasteiger partial charge on any atom is 0.333 e. The third kappa shape index (κ3) is 4.91. The van der Waals surface area contributed by atoms with Gasteiger partial charge in [-0.2, -0.15) is 0 Å². The van der Waals surface area contributed by atoms with Crippen molar-refractivity contribution in [3.05, 3.63) is 11.6 Å². The molecule has 1 N–H and O–H groups in total. The molecule has 12 heavy (non-hydrogen) atoms. The van der Waals surface area contributed by atoms with Crippen LogP contribution in [-0.4, -0.2) is 23.8 Å². The molecule has 0 aromatic rings. The molecule has 0 heterocycles. The molecule has 0 aromatic heterocycles. The van der Waals surface area contributed by atoms with E-state index in [1.807, 2.05) is 6.92 Å². The maximum atomic E-state index is 11.0. The molecule has 0 saturated carbocycles. The Morgan fingerprint density at radius 1 is 1.67 bits per heavy atom. The molecule has 3 heteroatoms. The highest BCUT2D eigenvalue weighted by atomic mass is 16.5. The molecule has 0 aliphatic heterocycles. The molecule has 0 rings (SSSR count). The second-order valence-corrected chi connectivity index (χ2v) is 2.74. The summed E-state index contributed by atoms with van der Waals surface area (Å²) in [6.45, 7) is 5.29. The Labute approximate surface area is 73.0 Å². The van der Waals surface area contributed by atoms with Crippen molar-refractivity contribution >= 4 is 5.97 Å². The number of carbonyl (C=O) groups excluding carboxylic acids is 1. The number of esters is 1. The molecule has 1 unspecified atom stereocenters. The number of aliphatic hydroxyl groups is 1. The third-order valence-electron chi connectivity index (χ3n) is 1.29. The van der Waals surface area contributed by atoms with Crippen LogP contribution in [0.2, 0.25) is 0 Å².